The van der Waals surface area contributed by atoms with Crippen molar-refractivity contribution in [3.05, 3.63) is 12.2 Å². The van der Waals surface area contributed by atoms with Crippen LogP contribution in [0.25, 0.3) is 0 Å². The number of carboxylic acids is 1. The minimum atomic E-state index is -0.708. The van der Waals surface area contributed by atoms with Crippen LogP contribution in [0.1, 0.15) is 78.1 Å². The lowest BCUT2D eigenvalue weighted by Crippen LogP contribution is -2.31. The molecule has 25 heavy (non-hydrogen) atoms. The highest BCUT2D eigenvalue weighted by molar-refractivity contribution is 5.66. The first kappa shape index (κ1) is 20.4. The summed E-state index contributed by atoms with van der Waals surface area (Å²) >= 11 is 0. The number of allylic oxidation sites excluding steroid dienone is 2. The number of unbranched alkanes of at least 4 members (excludes halogenated alkanes) is 3. The zero-order valence-corrected chi connectivity index (χ0v) is 16.0. The van der Waals surface area contributed by atoms with Crippen LogP contribution in [0.4, 0.5) is 0 Å². The Kier molecular flexibility index (Phi) is 8.97. The lowest BCUT2D eigenvalue weighted by molar-refractivity contribution is -0.137. The molecule has 2 heterocycles. The third kappa shape index (κ3) is 6.74. The molecule has 0 saturated carbocycles. The van der Waals surface area contributed by atoms with Gasteiger partial charge in [-0.05, 0) is 51.4 Å². The second-order valence-corrected chi connectivity index (χ2v) is 7.75. The fourth-order valence-electron chi connectivity index (χ4n) is 4.21. The fourth-order valence-corrected chi connectivity index (χ4v) is 4.21. The van der Waals surface area contributed by atoms with Crippen molar-refractivity contribution in [2.24, 2.45) is 11.8 Å². The predicted octanol–water partition coefficient (Wildman–Crippen LogP) is 4.97. The molecule has 4 nitrogen and oxygen atoms in total. The van der Waals surface area contributed by atoms with Gasteiger partial charge in [-0.1, -0.05) is 38.3 Å². The van der Waals surface area contributed by atoms with Gasteiger partial charge in [0.15, 0.2) is 0 Å². The van der Waals surface area contributed by atoms with E-state index in [9.17, 15) is 4.79 Å². The normalized spacial score (nSPS) is 29.5. The molecule has 5 atom stereocenters. The molecule has 0 radical (unpaired) electrons. The van der Waals surface area contributed by atoms with Gasteiger partial charge >= 0.3 is 5.97 Å². The molecule has 144 valence electrons. The highest BCUT2D eigenvalue weighted by Crippen LogP contribution is 2.45. The summed E-state index contributed by atoms with van der Waals surface area (Å²) in [6.07, 6.45) is 15.7. The Morgan fingerprint density at radius 1 is 1.20 bits per heavy atom. The quantitative estimate of drug-likeness (QED) is 0.376. The monoisotopic (exact) mass is 352 g/mol. The topological polar surface area (TPSA) is 55.8 Å². The third-order valence-electron chi connectivity index (χ3n) is 5.71. The molecule has 2 bridgehead atoms. The number of fused-ring (bicyclic) bond motifs is 2. The molecule has 4 heteroatoms. The van der Waals surface area contributed by atoms with Gasteiger partial charge in [-0.2, -0.15) is 0 Å². The first-order valence-electron chi connectivity index (χ1n) is 10.3. The first-order valence-corrected chi connectivity index (χ1v) is 10.3. The first-order chi connectivity index (χ1) is 12.1. The number of carbonyl (C=O) groups is 1. The molecule has 0 aromatic rings. The van der Waals surface area contributed by atoms with Gasteiger partial charge in [0, 0.05) is 12.3 Å². The van der Waals surface area contributed by atoms with E-state index in [1.54, 1.807) is 0 Å². The van der Waals surface area contributed by atoms with Crippen LogP contribution in [0.15, 0.2) is 12.2 Å². The van der Waals surface area contributed by atoms with Crippen LogP contribution in [-0.4, -0.2) is 36.0 Å². The molecule has 0 aromatic carbocycles. The Bertz CT molecular complexity index is 420. The van der Waals surface area contributed by atoms with E-state index in [1.165, 1.54) is 32.1 Å². The molecule has 2 aliphatic heterocycles. The van der Waals surface area contributed by atoms with Crippen LogP contribution in [0.2, 0.25) is 0 Å². The summed E-state index contributed by atoms with van der Waals surface area (Å²) in [6.45, 7) is 5.25. The van der Waals surface area contributed by atoms with Gasteiger partial charge in [0.25, 0.3) is 0 Å². The highest BCUT2D eigenvalue weighted by atomic mass is 16.5. The van der Waals surface area contributed by atoms with Crippen LogP contribution in [0.5, 0.6) is 0 Å². The summed E-state index contributed by atoms with van der Waals surface area (Å²) in [5.74, 6) is 0.383. The smallest absolute Gasteiger partial charge is 0.303 e. The summed E-state index contributed by atoms with van der Waals surface area (Å²) in [5, 5.41) is 8.67. The van der Waals surface area contributed by atoms with Crippen molar-refractivity contribution >= 4 is 5.97 Å². The number of ether oxygens (including phenoxy) is 2. The largest absolute Gasteiger partial charge is 0.481 e. The number of aliphatic carboxylic acids is 1. The number of hydrogen-bond donors (Lipinski definition) is 1. The maximum atomic E-state index is 10.5. The highest BCUT2D eigenvalue weighted by Gasteiger charge is 2.48. The summed E-state index contributed by atoms with van der Waals surface area (Å²) < 4.78 is 12.3. The summed E-state index contributed by atoms with van der Waals surface area (Å²) in [7, 11) is 0. The van der Waals surface area contributed by atoms with E-state index in [4.69, 9.17) is 14.6 Å². The van der Waals surface area contributed by atoms with Crippen LogP contribution in [0, 0.1) is 11.8 Å². The SMILES string of the molecule is CCCCCC(C)OCC1C2CCC(O2)C1C/C=C\CCCC(=O)O. The molecule has 0 aliphatic carbocycles. The molecule has 1 N–H and O–H groups in total. The molecule has 5 unspecified atom stereocenters. The summed E-state index contributed by atoms with van der Waals surface area (Å²) in [4.78, 5) is 10.5. The second-order valence-electron chi connectivity index (χ2n) is 7.75. The van der Waals surface area contributed by atoms with Crippen LogP contribution in [0.3, 0.4) is 0 Å². The maximum Gasteiger partial charge on any atom is 0.303 e. The molecular weight excluding hydrogens is 316 g/mol. The Hall–Kier alpha value is -0.870. The number of rotatable bonds is 13. The minimum Gasteiger partial charge on any atom is -0.481 e. The minimum absolute atomic E-state index is 0.258. The number of hydrogen-bond acceptors (Lipinski definition) is 3. The lowest BCUT2D eigenvalue weighted by Gasteiger charge is -2.28. The van der Waals surface area contributed by atoms with Crippen molar-refractivity contribution < 1.29 is 19.4 Å². The Balaban J connectivity index is 1.71. The maximum absolute atomic E-state index is 10.5. The molecule has 2 aliphatic rings. The molecule has 2 saturated heterocycles. The Morgan fingerprint density at radius 3 is 2.68 bits per heavy atom. The number of carboxylic acid groups (broad SMARTS) is 1. The fraction of sp³-hybridized carbons (Fsp3) is 0.857. The zero-order valence-electron chi connectivity index (χ0n) is 16.0. The van der Waals surface area contributed by atoms with E-state index in [-0.39, 0.29) is 6.42 Å². The Labute approximate surface area is 153 Å². The van der Waals surface area contributed by atoms with Crippen LogP contribution in [-0.2, 0) is 14.3 Å². The molecule has 2 rings (SSSR count). The van der Waals surface area contributed by atoms with Gasteiger partial charge in [-0.25, -0.2) is 0 Å². The van der Waals surface area contributed by atoms with Gasteiger partial charge in [-0.15, -0.1) is 0 Å². The van der Waals surface area contributed by atoms with Crippen molar-refractivity contribution in [1.82, 2.24) is 0 Å². The summed E-state index contributed by atoms with van der Waals surface area (Å²) in [5.41, 5.74) is 0. The van der Waals surface area contributed by atoms with Gasteiger partial charge in [0.1, 0.15) is 0 Å². The average molecular weight is 353 g/mol. The summed E-state index contributed by atoms with van der Waals surface area (Å²) in [6, 6.07) is 0. The molecule has 0 aromatic heterocycles. The van der Waals surface area contributed by atoms with Crippen molar-refractivity contribution in [3.63, 3.8) is 0 Å². The van der Waals surface area contributed by atoms with Gasteiger partial charge in [0.05, 0.1) is 24.9 Å². The van der Waals surface area contributed by atoms with Crippen molar-refractivity contribution in [2.45, 2.75) is 96.4 Å². The van der Waals surface area contributed by atoms with E-state index in [1.807, 2.05) is 0 Å². The van der Waals surface area contributed by atoms with E-state index in [2.05, 4.69) is 26.0 Å². The van der Waals surface area contributed by atoms with Gasteiger partial charge < -0.3 is 14.6 Å². The standard InChI is InChI=1S/C21H36O4/c1-3-4-7-10-16(2)24-15-18-17(19-13-14-20(18)25-19)11-8-5-6-9-12-21(22)23/h5,8,16-20H,3-4,6-7,9-15H2,1-2H3,(H,22,23)/b8-5-. The van der Waals surface area contributed by atoms with E-state index >= 15 is 0 Å². The van der Waals surface area contributed by atoms with Crippen molar-refractivity contribution in [1.29, 1.82) is 0 Å². The molecule has 2 fully saturated rings. The van der Waals surface area contributed by atoms with E-state index < -0.39 is 5.97 Å². The van der Waals surface area contributed by atoms with E-state index in [0.717, 1.165) is 32.3 Å². The molecule has 0 spiro atoms. The predicted molar refractivity (Wildman–Crippen MR) is 99.7 cm³/mol. The lowest BCUT2D eigenvalue weighted by atomic mass is 9.78. The molecular formula is C21H36O4. The van der Waals surface area contributed by atoms with Gasteiger partial charge in [0.2, 0.25) is 0 Å². The third-order valence-corrected chi connectivity index (χ3v) is 5.71. The van der Waals surface area contributed by atoms with Crippen LogP contribution < -0.4 is 0 Å². The Morgan fingerprint density at radius 2 is 1.96 bits per heavy atom. The van der Waals surface area contributed by atoms with Crippen LogP contribution >= 0.6 is 0 Å². The van der Waals surface area contributed by atoms with Crippen molar-refractivity contribution in [3.8, 4) is 0 Å². The zero-order chi connectivity index (χ0) is 18.1. The molecule has 0 amide bonds. The average Bonchev–Trinajstić information content (AvgIpc) is 3.17. The van der Waals surface area contributed by atoms with Crippen molar-refractivity contribution in [2.75, 3.05) is 6.61 Å². The second kappa shape index (κ2) is 11.0. The van der Waals surface area contributed by atoms with Gasteiger partial charge in [-0.3, -0.25) is 4.79 Å². The van der Waals surface area contributed by atoms with E-state index in [0.29, 0.717) is 30.1 Å².